The summed E-state index contributed by atoms with van der Waals surface area (Å²) in [6, 6.07) is 10.7. The topological polar surface area (TPSA) is 108 Å². The van der Waals surface area contributed by atoms with Gasteiger partial charge in [-0.1, -0.05) is 12.1 Å². The first-order chi connectivity index (χ1) is 16.2. The van der Waals surface area contributed by atoms with Crippen molar-refractivity contribution in [3.63, 3.8) is 0 Å². The molecule has 8 nitrogen and oxygen atoms in total. The van der Waals surface area contributed by atoms with E-state index in [0.717, 1.165) is 23.0 Å². The molecule has 0 spiro atoms. The van der Waals surface area contributed by atoms with E-state index in [1.807, 2.05) is 0 Å². The van der Waals surface area contributed by atoms with Crippen LogP contribution in [0.25, 0.3) is 10.9 Å². The minimum absolute atomic E-state index is 0.284. The smallest absolute Gasteiger partial charge is 0.390 e. The molecule has 0 radical (unpaired) electrons. The molecule has 1 aliphatic heterocycles. The molecule has 3 heterocycles. The van der Waals surface area contributed by atoms with E-state index >= 15 is 0 Å². The number of hydrogen-bond acceptors (Lipinski definition) is 5. The maximum absolute atomic E-state index is 13.4. The number of aliphatic hydroxyl groups is 1. The molecule has 174 valence electrons. The van der Waals surface area contributed by atoms with Crippen LogP contribution in [0.1, 0.15) is 29.8 Å². The number of carbonyl (C=O) groups excluding carboxylic acids is 1. The summed E-state index contributed by atoms with van der Waals surface area (Å²) in [5.41, 5.74) is 2.16. The highest BCUT2D eigenvalue weighted by Gasteiger charge is 2.35. The second kappa shape index (κ2) is 8.03. The molecule has 0 saturated heterocycles. The van der Waals surface area contributed by atoms with E-state index in [0.29, 0.717) is 28.5 Å². The Bertz CT molecular complexity index is 1420. The molecule has 4 aromatic rings. The van der Waals surface area contributed by atoms with E-state index < -0.39 is 23.7 Å². The number of nitrogens with one attached hydrogen (secondary N) is 3. The number of anilines is 2. The molecular formula is C23H19F3N6O2. The Morgan fingerprint density at radius 3 is 2.65 bits per heavy atom. The molecule has 0 aliphatic carbocycles. The van der Waals surface area contributed by atoms with Gasteiger partial charge in [0.25, 0.3) is 5.91 Å². The summed E-state index contributed by atoms with van der Waals surface area (Å²) >= 11 is 0. The van der Waals surface area contributed by atoms with Crippen LogP contribution < -0.4 is 10.6 Å². The molecule has 11 heteroatoms. The van der Waals surface area contributed by atoms with Gasteiger partial charge >= 0.3 is 6.18 Å². The Kier molecular flexibility index (Phi) is 5.13. The fourth-order valence-corrected chi connectivity index (χ4v) is 4.07. The first kappa shape index (κ1) is 21.7. The highest BCUT2D eigenvalue weighted by atomic mass is 19.4. The summed E-state index contributed by atoms with van der Waals surface area (Å²) in [7, 11) is 0. The van der Waals surface area contributed by atoms with Gasteiger partial charge in [0.2, 0.25) is 0 Å². The van der Waals surface area contributed by atoms with Crippen LogP contribution in [0.5, 0.6) is 0 Å². The Balaban J connectivity index is 1.56. The number of halogens is 3. The molecule has 0 saturated carbocycles. The van der Waals surface area contributed by atoms with Crippen molar-refractivity contribution in [2.45, 2.75) is 25.7 Å². The fraction of sp³-hybridized carbons (Fsp3) is 0.174. The molecule has 1 amide bonds. The van der Waals surface area contributed by atoms with Crippen molar-refractivity contribution in [1.29, 1.82) is 0 Å². The maximum Gasteiger partial charge on any atom is 0.416 e. The third kappa shape index (κ3) is 3.79. The molecule has 0 bridgehead atoms. The van der Waals surface area contributed by atoms with Crippen molar-refractivity contribution in [1.82, 2.24) is 20.0 Å². The maximum atomic E-state index is 13.4. The highest BCUT2D eigenvalue weighted by Crippen LogP contribution is 2.38. The van der Waals surface area contributed by atoms with Crippen LogP contribution >= 0.6 is 0 Å². The van der Waals surface area contributed by atoms with Gasteiger partial charge in [-0.25, -0.2) is 4.68 Å². The molecule has 1 aliphatic rings. The lowest BCUT2D eigenvalue weighted by Gasteiger charge is -2.30. The fourth-order valence-electron chi connectivity index (χ4n) is 4.07. The Labute approximate surface area is 191 Å². The number of rotatable bonds is 4. The number of carbonyl (C=O) groups is 1. The highest BCUT2D eigenvalue weighted by molar-refractivity contribution is 6.06. The molecule has 1 atom stereocenters. The number of hydrogen-bond donors (Lipinski definition) is 4. The van der Waals surface area contributed by atoms with Gasteiger partial charge in [-0.3, -0.25) is 9.89 Å². The molecule has 5 rings (SSSR count). The number of aliphatic hydroxyl groups excluding tert-OH is 1. The van der Waals surface area contributed by atoms with Crippen LogP contribution in [0.2, 0.25) is 0 Å². The van der Waals surface area contributed by atoms with Crippen molar-refractivity contribution in [3.05, 3.63) is 82.8 Å². The molecule has 2 aromatic carbocycles. The second-order valence-corrected chi connectivity index (χ2v) is 7.94. The van der Waals surface area contributed by atoms with Gasteiger partial charge < -0.3 is 15.7 Å². The van der Waals surface area contributed by atoms with E-state index in [9.17, 15) is 23.1 Å². The number of H-pyrrole nitrogens is 1. The predicted molar refractivity (Wildman–Crippen MR) is 119 cm³/mol. The minimum atomic E-state index is -4.48. The Morgan fingerprint density at radius 2 is 1.94 bits per heavy atom. The summed E-state index contributed by atoms with van der Waals surface area (Å²) in [5, 5.41) is 27.5. The van der Waals surface area contributed by atoms with Gasteiger partial charge in [-0.15, -0.1) is 0 Å². The monoisotopic (exact) mass is 468 g/mol. The van der Waals surface area contributed by atoms with Crippen molar-refractivity contribution in [2.24, 2.45) is 0 Å². The largest absolute Gasteiger partial charge is 0.416 e. The molecule has 34 heavy (non-hydrogen) atoms. The van der Waals surface area contributed by atoms with Crippen LogP contribution in [-0.4, -0.2) is 31.0 Å². The van der Waals surface area contributed by atoms with Crippen LogP contribution in [0.4, 0.5) is 24.7 Å². The van der Waals surface area contributed by atoms with E-state index in [2.05, 4.69) is 25.9 Å². The zero-order chi connectivity index (χ0) is 24.0. The zero-order valence-electron chi connectivity index (χ0n) is 17.8. The number of nitrogens with zero attached hydrogens (tertiary/aromatic N) is 3. The average molecular weight is 468 g/mol. The summed E-state index contributed by atoms with van der Waals surface area (Å²) < 4.78 is 40.8. The lowest BCUT2D eigenvalue weighted by atomic mass is 9.94. The van der Waals surface area contributed by atoms with E-state index in [1.165, 1.54) is 16.8 Å². The van der Waals surface area contributed by atoms with Crippen LogP contribution in [0.15, 0.2) is 66.0 Å². The van der Waals surface area contributed by atoms with Crippen LogP contribution in [-0.2, 0) is 17.6 Å². The van der Waals surface area contributed by atoms with E-state index in [1.54, 1.807) is 37.4 Å². The average Bonchev–Trinajstić information content (AvgIpc) is 3.43. The van der Waals surface area contributed by atoms with Crippen molar-refractivity contribution >= 4 is 28.3 Å². The SMILES string of the molecule is CC1=C(C(=O)Nc2ccc3[nH]ncc3c2)C(c2ccc(C(F)(F)F)cc2)n2nc(CO)cc2N1. The first-order valence-electron chi connectivity index (χ1n) is 10.3. The number of benzene rings is 2. The van der Waals surface area contributed by atoms with Gasteiger partial charge in [-0.05, 0) is 42.8 Å². The zero-order valence-corrected chi connectivity index (χ0v) is 17.8. The second-order valence-electron chi connectivity index (χ2n) is 7.94. The predicted octanol–water partition coefficient (Wildman–Crippen LogP) is 4.20. The standard InChI is InChI=1S/C23H19F3N6O2/c1-12-20(22(34)29-16-6-7-18-14(8-16)10-27-30-18)21(32-19(28-12)9-17(11-33)31-32)13-2-4-15(5-3-13)23(24,25)26/h2-10,21,28,33H,11H2,1H3,(H,27,30)(H,29,34). The van der Waals surface area contributed by atoms with E-state index in [-0.39, 0.29) is 12.2 Å². The van der Waals surface area contributed by atoms with Crippen LogP contribution in [0, 0.1) is 0 Å². The third-order valence-electron chi connectivity index (χ3n) is 5.68. The number of alkyl halides is 3. The normalized spacial score (nSPS) is 15.9. The van der Waals surface area contributed by atoms with Crippen molar-refractivity contribution < 1.29 is 23.1 Å². The van der Waals surface area contributed by atoms with Crippen molar-refractivity contribution in [3.8, 4) is 0 Å². The van der Waals surface area contributed by atoms with Gasteiger partial charge in [0.15, 0.2) is 0 Å². The van der Waals surface area contributed by atoms with Gasteiger partial charge in [0.1, 0.15) is 11.9 Å². The van der Waals surface area contributed by atoms with Crippen molar-refractivity contribution in [2.75, 3.05) is 10.6 Å². The number of aromatic nitrogens is 4. The molecular weight excluding hydrogens is 449 g/mol. The quantitative estimate of drug-likeness (QED) is 0.359. The molecule has 1 unspecified atom stereocenters. The molecule has 2 aromatic heterocycles. The van der Waals surface area contributed by atoms with E-state index in [4.69, 9.17) is 0 Å². The molecule has 0 fully saturated rings. The lowest BCUT2D eigenvalue weighted by Crippen LogP contribution is -2.31. The Morgan fingerprint density at radius 1 is 1.18 bits per heavy atom. The number of fused-ring (bicyclic) bond motifs is 2. The summed E-state index contributed by atoms with van der Waals surface area (Å²) in [6.45, 7) is 1.38. The summed E-state index contributed by atoms with van der Waals surface area (Å²) in [6.07, 6.45) is -2.85. The number of amides is 1. The van der Waals surface area contributed by atoms with Gasteiger partial charge in [0, 0.05) is 22.8 Å². The lowest BCUT2D eigenvalue weighted by molar-refractivity contribution is -0.137. The molecule has 4 N–H and O–H groups in total. The van der Waals surface area contributed by atoms with Crippen LogP contribution in [0.3, 0.4) is 0 Å². The number of allylic oxidation sites excluding steroid dienone is 1. The third-order valence-corrected chi connectivity index (χ3v) is 5.68. The first-order valence-corrected chi connectivity index (χ1v) is 10.3. The Hall–Kier alpha value is -4.12. The van der Waals surface area contributed by atoms with Gasteiger partial charge in [-0.2, -0.15) is 23.4 Å². The number of aromatic amines is 1. The summed E-state index contributed by atoms with van der Waals surface area (Å²) in [5.74, 6) is 0.0762. The minimum Gasteiger partial charge on any atom is -0.390 e. The van der Waals surface area contributed by atoms with Gasteiger partial charge in [0.05, 0.1) is 35.2 Å². The summed E-state index contributed by atoms with van der Waals surface area (Å²) in [4.78, 5) is 13.4.